The molecule has 0 saturated carbocycles. The van der Waals surface area contributed by atoms with Crippen molar-refractivity contribution < 1.29 is 18.7 Å². The Balaban J connectivity index is 1.99. The van der Waals surface area contributed by atoms with E-state index >= 15 is 0 Å². The van der Waals surface area contributed by atoms with Gasteiger partial charge in [0, 0.05) is 12.6 Å². The summed E-state index contributed by atoms with van der Waals surface area (Å²) in [6.45, 7) is 8.15. The van der Waals surface area contributed by atoms with Crippen LogP contribution >= 0.6 is 11.3 Å². The van der Waals surface area contributed by atoms with Crippen LogP contribution in [0.5, 0.6) is 0 Å². The number of thiophene rings is 1. The summed E-state index contributed by atoms with van der Waals surface area (Å²) in [5.41, 5.74) is 0.257. The van der Waals surface area contributed by atoms with Crippen molar-refractivity contribution in [3.63, 3.8) is 0 Å². The second-order valence-electron chi connectivity index (χ2n) is 6.30. The van der Waals surface area contributed by atoms with Gasteiger partial charge in [-0.25, -0.2) is 9.78 Å². The normalized spacial score (nSPS) is 12.0. The Kier molecular flexibility index (Phi) is 7.20. The van der Waals surface area contributed by atoms with Crippen molar-refractivity contribution in [2.24, 2.45) is 5.92 Å². The molecule has 1 atom stereocenters. The number of alkyl carbamates (subject to hydrolysis) is 1. The van der Waals surface area contributed by atoms with Crippen molar-refractivity contribution in [3.05, 3.63) is 29.0 Å². The summed E-state index contributed by atoms with van der Waals surface area (Å²) in [5.74, 6) is 0.933. The van der Waals surface area contributed by atoms with Crippen LogP contribution in [0.2, 0.25) is 0 Å². The molecule has 2 heterocycles. The minimum absolute atomic E-state index is 0.220. The van der Waals surface area contributed by atoms with Crippen LogP contribution in [0.3, 0.4) is 0 Å². The summed E-state index contributed by atoms with van der Waals surface area (Å²) < 4.78 is 10.5. The summed E-state index contributed by atoms with van der Waals surface area (Å²) in [5, 5.41) is 7.53. The zero-order valence-corrected chi connectivity index (χ0v) is 16.3. The zero-order chi connectivity index (χ0) is 19.1. The number of carbonyl (C=O) groups excluding carboxylic acids is 2. The second-order valence-corrected chi connectivity index (χ2v) is 7.25. The van der Waals surface area contributed by atoms with Crippen LogP contribution in [0.1, 0.15) is 43.4 Å². The Hall–Kier alpha value is -2.35. The van der Waals surface area contributed by atoms with Gasteiger partial charge in [-0.3, -0.25) is 4.79 Å². The molecule has 2 amide bonds. The highest BCUT2D eigenvalue weighted by atomic mass is 32.1. The topological polar surface area (TPSA) is 93.5 Å². The van der Waals surface area contributed by atoms with Gasteiger partial charge in [-0.2, -0.15) is 0 Å². The summed E-state index contributed by atoms with van der Waals surface area (Å²) in [6.07, 6.45) is 0.238. The van der Waals surface area contributed by atoms with Crippen LogP contribution in [0.25, 0.3) is 10.8 Å². The molecule has 7 nitrogen and oxygen atoms in total. The second kappa shape index (κ2) is 9.38. The van der Waals surface area contributed by atoms with Crippen molar-refractivity contribution in [3.8, 4) is 10.8 Å². The number of hydrogen-bond donors (Lipinski definition) is 2. The molecule has 0 spiro atoms. The van der Waals surface area contributed by atoms with Gasteiger partial charge in [-0.15, -0.1) is 11.3 Å². The predicted molar refractivity (Wildman–Crippen MR) is 100 cm³/mol. The zero-order valence-electron chi connectivity index (χ0n) is 15.5. The molecule has 0 radical (unpaired) electrons. The number of aryl methyl sites for hydroxylation is 1. The van der Waals surface area contributed by atoms with Gasteiger partial charge in [0.1, 0.15) is 5.76 Å². The van der Waals surface area contributed by atoms with Crippen LogP contribution in [0.15, 0.2) is 21.9 Å². The average Bonchev–Trinajstić information content (AvgIpc) is 3.21. The van der Waals surface area contributed by atoms with E-state index in [1.54, 1.807) is 13.8 Å². The first-order valence-corrected chi connectivity index (χ1v) is 9.51. The Bertz CT molecular complexity index is 725. The standard InChI is InChI=1S/C18H25N3O4S/c1-5-24-18(23)20-13(9-11(2)3)10-19-16(22)15-12(4)25-17(21-15)14-7-6-8-26-14/h6-8,11,13H,5,9-10H2,1-4H3,(H,19,22)(H,20,23). The molecule has 0 bridgehead atoms. The summed E-state index contributed by atoms with van der Waals surface area (Å²) in [4.78, 5) is 29.3. The Morgan fingerprint density at radius 1 is 1.38 bits per heavy atom. The predicted octanol–water partition coefficient (Wildman–Crippen LogP) is 3.60. The Morgan fingerprint density at radius 3 is 2.77 bits per heavy atom. The van der Waals surface area contributed by atoms with E-state index < -0.39 is 6.09 Å². The number of amides is 2. The number of ether oxygens (including phenoxy) is 1. The third-order valence-electron chi connectivity index (χ3n) is 3.61. The van der Waals surface area contributed by atoms with Crippen molar-refractivity contribution in [1.82, 2.24) is 15.6 Å². The Morgan fingerprint density at radius 2 is 2.15 bits per heavy atom. The lowest BCUT2D eigenvalue weighted by Crippen LogP contribution is -2.44. The van der Waals surface area contributed by atoms with E-state index in [1.807, 2.05) is 17.5 Å². The first-order valence-electron chi connectivity index (χ1n) is 8.63. The fraction of sp³-hybridized carbons (Fsp3) is 0.500. The molecule has 1 unspecified atom stereocenters. The lowest BCUT2D eigenvalue weighted by molar-refractivity contribution is 0.0938. The van der Waals surface area contributed by atoms with Crippen LogP contribution in [-0.2, 0) is 4.74 Å². The maximum Gasteiger partial charge on any atom is 0.407 e. The van der Waals surface area contributed by atoms with E-state index in [1.165, 1.54) is 11.3 Å². The van der Waals surface area contributed by atoms with E-state index in [-0.39, 0.29) is 24.2 Å². The molecular weight excluding hydrogens is 354 g/mol. The average molecular weight is 379 g/mol. The number of nitrogens with one attached hydrogen (secondary N) is 2. The van der Waals surface area contributed by atoms with E-state index in [2.05, 4.69) is 29.5 Å². The van der Waals surface area contributed by atoms with Crippen LogP contribution < -0.4 is 10.6 Å². The van der Waals surface area contributed by atoms with Crippen molar-refractivity contribution in [2.75, 3.05) is 13.2 Å². The highest BCUT2D eigenvalue weighted by Crippen LogP contribution is 2.25. The maximum atomic E-state index is 12.5. The fourth-order valence-electron chi connectivity index (χ4n) is 2.51. The first-order chi connectivity index (χ1) is 12.4. The van der Waals surface area contributed by atoms with E-state index in [4.69, 9.17) is 9.15 Å². The van der Waals surface area contributed by atoms with E-state index in [0.29, 0.717) is 24.2 Å². The van der Waals surface area contributed by atoms with Gasteiger partial charge in [-0.1, -0.05) is 19.9 Å². The molecule has 0 saturated heterocycles. The van der Waals surface area contributed by atoms with Gasteiger partial charge < -0.3 is 19.8 Å². The number of rotatable bonds is 8. The smallest absolute Gasteiger partial charge is 0.407 e. The molecule has 2 aromatic rings. The molecule has 0 fully saturated rings. The summed E-state index contributed by atoms with van der Waals surface area (Å²) in [6, 6.07) is 3.57. The SMILES string of the molecule is CCOC(=O)NC(CNC(=O)c1nc(-c2cccs2)oc1C)CC(C)C. The quantitative estimate of drug-likeness (QED) is 0.731. The Labute approximate surface area is 157 Å². The molecule has 0 aliphatic carbocycles. The molecule has 2 aromatic heterocycles. The van der Waals surface area contributed by atoms with Gasteiger partial charge in [0.2, 0.25) is 5.89 Å². The lowest BCUT2D eigenvalue weighted by Gasteiger charge is -2.20. The number of carbonyl (C=O) groups is 2. The molecular formula is C18H25N3O4S. The van der Waals surface area contributed by atoms with Crippen LogP contribution in [-0.4, -0.2) is 36.2 Å². The van der Waals surface area contributed by atoms with Gasteiger partial charge in [0.15, 0.2) is 5.69 Å². The van der Waals surface area contributed by atoms with Gasteiger partial charge in [-0.05, 0) is 37.6 Å². The van der Waals surface area contributed by atoms with Gasteiger partial charge in [0.25, 0.3) is 5.91 Å². The summed E-state index contributed by atoms with van der Waals surface area (Å²) >= 11 is 1.50. The van der Waals surface area contributed by atoms with E-state index in [0.717, 1.165) is 11.3 Å². The number of aromatic nitrogens is 1. The molecule has 142 valence electrons. The van der Waals surface area contributed by atoms with Crippen molar-refractivity contribution in [1.29, 1.82) is 0 Å². The first kappa shape index (κ1) is 20.0. The molecule has 0 aliphatic rings. The van der Waals surface area contributed by atoms with Crippen LogP contribution in [0.4, 0.5) is 4.79 Å². The summed E-state index contributed by atoms with van der Waals surface area (Å²) in [7, 11) is 0. The third kappa shape index (κ3) is 5.59. The molecule has 2 rings (SSSR count). The number of oxazole rings is 1. The highest BCUT2D eigenvalue weighted by molar-refractivity contribution is 7.13. The van der Waals surface area contributed by atoms with E-state index in [9.17, 15) is 9.59 Å². The highest BCUT2D eigenvalue weighted by Gasteiger charge is 2.21. The molecule has 2 N–H and O–H groups in total. The van der Waals surface area contributed by atoms with Crippen molar-refractivity contribution in [2.45, 2.75) is 40.2 Å². The van der Waals surface area contributed by atoms with Gasteiger partial charge >= 0.3 is 6.09 Å². The monoisotopic (exact) mass is 379 g/mol. The molecule has 26 heavy (non-hydrogen) atoms. The van der Waals surface area contributed by atoms with Gasteiger partial charge in [0.05, 0.1) is 11.5 Å². The molecule has 8 heteroatoms. The van der Waals surface area contributed by atoms with Crippen LogP contribution in [0, 0.1) is 12.8 Å². The lowest BCUT2D eigenvalue weighted by atomic mass is 10.0. The molecule has 0 aromatic carbocycles. The number of hydrogen-bond acceptors (Lipinski definition) is 6. The fourth-order valence-corrected chi connectivity index (χ4v) is 3.16. The minimum Gasteiger partial charge on any atom is -0.450 e. The number of nitrogens with zero attached hydrogens (tertiary/aromatic N) is 1. The minimum atomic E-state index is -0.481. The third-order valence-corrected chi connectivity index (χ3v) is 4.46. The largest absolute Gasteiger partial charge is 0.450 e. The maximum absolute atomic E-state index is 12.5. The van der Waals surface area contributed by atoms with Crippen molar-refractivity contribution >= 4 is 23.3 Å². The molecule has 0 aliphatic heterocycles.